The molecular formula is C19H24N2OS. The highest BCUT2D eigenvalue weighted by Gasteiger charge is 2.03. The number of aryl methyl sites for hydroxylation is 2. The van der Waals surface area contributed by atoms with Gasteiger partial charge in [-0.15, -0.1) is 11.8 Å². The number of nitrogens with one attached hydrogen (secondary N) is 1. The van der Waals surface area contributed by atoms with Crippen molar-refractivity contribution in [1.29, 1.82) is 0 Å². The van der Waals surface area contributed by atoms with Gasteiger partial charge in [-0.2, -0.15) is 0 Å². The fourth-order valence-electron chi connectivity index (χ4n) is 2.18. The predicted octanol–water partition coefficient (Wildman–Crippen LogP) is 3.73. The Kier molecular flexibility index (Phi) is 6.53. The highest BCUT2D eigenvalue weighted by Crippen LogP contribution is 2.21. The number of nitrogens with two attached hydrogens (primary N) is 1. The van der Waals surface area contributed by atoms with E-state index in [-0.39, 0.29) is 5.91 Å². The summed E-state index contributed by atoms with van der Waals surface area (Å²) in [5.41, 5.74) is 10.2. The van der Waals surface area contributed by atoms with Crippen molar-refractivity contribution in [3.05, 3.63) is 59.2 Å². The third-order valence-electron chi connectivity index (χ3n) is 3.79. The maximum Gasteiger partial charge on any atom is 0.220 e. The van der Waals surface area contributed by atoms with Crippen LogP contribution >= 0.6 is 11.8 Å². The lowest BCUT2D eigenvalue weighted by Gasteiger charge is -2.07. The van der Waals surface area contributed by atoms with Crippen molar-refractivity contribution in [3.63, 3.8) is 0 Å². The molecule has 0 heterocycles. The summed E-state index contributed by atoms with van der Waals surface area (Å²) in [7, 11) is 0. The minimum absolute atomic E-state index is 0.108. The third kappa shape index (κ3) is 5.99. The molecule has 2 aromatic carbocycles. The second kappa shape index (κ2) is 8.63. The normalized spacial score (nSPS) is 10.5. The molecule has 3 N–H and O–H groups in total. The van der Waals surface area contributed by atoms with Crippen molar-refractivity contribution in [2.24, 2.45) is 0 Å². The van der Waals surface area contributed by atoms with Gasteiger partial charge in [-0.3, -0.25) is 4.79 Å². The van der Waals surface area contributed by atoms with Crippen LogP contribution in [-0.4, -0.2) is 18.2 Å². The summed E-state index contributed by atoms with van der Waals surface area (Å²) >= 11 is 1.73. The van der Waals surface area contributed by atoms with Crippen LogP contribution in [0.2, 0.25) is 0 Å². The molecule has 0 unspecified atom stereocenters. The Morgan fingerprint density at radius 3 is 2.52 bits per heavy atom. The van der Waals surface area contributed by atoms with Gasteiger partial charge in [0.25, 0.3) is 0 Å². The van der Waals surface area contributed by atoms with E-state index in [1.807, 2.05) is 24.3 Å². The van der Waals surface area contributed by atoms with E-state index in [0.29, 0.717) is 13.0 Å². The number of thioether (sulfide) groups is 1. The zero-order valence-electron chi connectivity index (χ0n) is 13.8. The third-order valence-corrected chi connectivity index (χ3v) is 4.79. The molecule has 0 fully saturated rings. The Balaban J connectivity index is 1.65. The van der Waals surface area contributed by atoms with E-state index in [0.717, 1.165) is 17.9 Å². The number of rotatable bonds is 7. The van der Waals surface area contributed by atoms with Crippen LogP contribution in [0.4, 0.5) is 5.69 Å². The lowest BCUT2D eigenvalue weighted by atomic mass is 10.1. The van der Waals surface area contributed by atoms with Crippen LogP contribution in [0, 0.1) is 13.8 Å². The highest BCUT2D eigenvalue weighted by atomic mass is 32.2. The van der Waals surface area contributed by atoms with E-state index in [1.54, 1.807) is 11.8 Å². The van der Waals surface area contributed by atoms with Gasteiger partial charge in [0.15, 0.2) is 0 Å². The summed E-state index contributed by atoms with van der Waals surface area (Å²) in [6.07, 6.45) is 1.37. The maximum atomic E-state index is 11.9. The van der Waals surface area contributed by atoms with E-state index in [2.05, 4.69) is 37.4 Å². The van der Waals surface area contributed by atoms with Crippen molar-refractivity contribution in [2.75, 3.05) is 18.0 Å². The molecule has 0 aromatic heterocycles. The van der Waals surface area contributed by atoms with Gasteiger partial charge in [0.1, 0.15) is 0 Å². The molecule has 0 aliphatic rings. The number of anilines is 1. The molecule has 0 radical (unpaired) electrons. The van der Waals surface area contributed by atoms with E-state index >= 15 is 0 Å². The van der Waals surface area contributed by atoms with Crippen LogP contribution in [0.1, 0.15) is 23.1 Å². The fourth-order valence-corrected chi connectivity index (χ4v) is 3.13. The second-order valence-corrected chi connectivity index (χ2v) is 6.85. The molecule has 0 saturated carbocycles. The SMILES string of the molecule is Cc1ccc(SCCC(=O)NCCc2ccc(N)cc2)cc1C. The first-order valence-electron chi connectivity index (χ1n) is 7.86. The first-order valence-corrected chi connectivity index (χ1v) is 8.84. The first-order chi connectivity index (χ1) is 11.0. The number of carbonyl (C=O) groups excluding carboxylic acids is 1. The van der Waals surface area contributed by atoms with Crippen LogP contribution < -0.4 is 11.1 Å². The van der Waals surface area contributed by atoms with Gasteiger partial charge in [0.2, 0.25) is 5.91 Å². The van der Waals surface area contributed by atoms with Gasteiger partial charge in [-0.25, -0.2) is 0 Å². The molecule has 0 bridgehead atoms. The minimum Gasteiger partial charge on any atom is -0.399 e. The lowest BCUT2D eigenvalue weighted by molar-refractivity contribution is -0.120. The molecule has 23 heavy (non-hydrogen) atoms. The average Bonchev–Trinajstić information content (AvgIpc) is 2.53. The molecule has 0 atom stereocenters. The van der Waals surface area contributed by atoms with Crippen molar-refractivity contribution < 1.29 is 4.79 Å². The fraction of sp³-hybridized carbons (Fsp3) is 0.316. The van der Waals surface area contributed by atoms with Crippen LogP contribution in [0.25, 0.3) is 0 Å². The van der Waals surface area contributed by atoms with Gasteiger partial charge < -0.3 is 11.1 Å². The number of hydrogen-bond donors (Lipinski definition) is 2. The lowest BCUT2D eigenvalue weighted by Crippen LogP contribution is -2.25. The Labute approximate surface area is 142 Å². The summed E-state index contributed by atoms with van der Waals surface area (Å²) < 4.78 is 0. The second-order valence-electron chi connectivity index (χ2n) is 5.69. The number of nitrogen functional groups attached to an aromatic ring is 1. The molecule has 4 heteroatoms. The first kappa shape index (κ1) is 17.4. The zero-order valence-corrected chi connectivity index (χ0v) is 14.6. The van der Waals surface area contributed by atoms with E-state index in [1.165, 1.54) is 21.6 Å². The van der Waals surface area contributed by atoms with Crippen molar-refractivity contribution in [3.8, 4) is 0 Å². The maximum absolute atomic E-state index is 11.9. The molecule has 2 rings (SSSR count). The monoisotopic (exact) mass is 328 g/mol. The van der Waals surface area contributed by atoms with E-state index < -0.39 is 0 Å². The van der Waals surface area contributed by atoms with Crippen LogP contribution in [0.15, 0.2) is 47.4 Å². The number of carbonyl (C=O) groups is 1. The van der Waals surface area contributed by atoms with Crippen molar-refractivity contribution in [2.45, 2.75) is 31.6 Å². The van der Waals surface area contributed by atoms with Gasteiger partial charge in [0, 0.05) is 29.3 Å². The van der Waals surface area contributed by atoms with Crippen LogP contribution in [0.5, 0.6) is 0 Å². The molecule has 0 spiro atoms. The Bertz CT molecular complexity index is 653. The van der Waals surface area contributed by atoms with Crippen molar-refractivity contribution >= 4 is 23.4 Å². The predicted molar refractivity (Wildman–Crippen MR) is 98.8 cm³/mol. The summed E-state index contributed by atoms with van der Waals surface area (Å²) in [5, 5.41) is 2.97. The van der Waals surface area contributed by atoms with E-state index in [4.69, 9.17) is 5.73 Å². The quantitative estimate of drug-likeness (QED) is 0.601. The standard InChI is InChI=1S/C19H24N2OS/c1-14-3-8-18(13-15(14)2)23-12-10-19(22)21-11-9-16-4-6-17(20)7-5-16/h3-8,13H,9-12,20H2,1-2H3,(H,21,22). The molecule has 0 saturated heterocycles. The minimum atomic E-state index is 0.108. The highest BCUT2D eigenvalue weighted by molar-refractivity contribution is 7.99. The molecule has 1 amide bonds. The Morgan fingerprint density at radius 1 is 1.09 bits per heavy atom. The topological polar surface area (TPSA) is 55.1 Å². The number of amides is 1. The van der Waals surface area contributed by atoms with Gasteiger partial charge >= 0.3 is 0 Å². The Hall–Kier alpha value is -1.94. The number of hydrogen-bond acceptors (Lipinski definition) is 3. The van der Waals surface area contributed by atoms with E-state index in [9.17, 15) is 4.79 Å². The molecular weight excluding hydrogens is 304 g/mol. The van der Waals surface area contributed by atoms with Gasteiger partial charge in [-0.1, -0.05) is 18.2 Å². The molecule has 122 valence electrons. The molecule has 0 aliphatic carbocycles. The van der Waals surface area contributed by atoms with Crippen LogP contribution in [-0.2, 0) is 11.2 Å². The van der Waals surface area contributed by atoms with Crippen LogP contribution in [0.3, 0.4) is 0 Å². The summed E-state index contributed by atoms with van der Waals surface area (Å²) in [6.45, 7) is 4.89. The summed E-state index contributed by atoms with van der Waals surface area (Å²) in [6, 6.07) is 14.2. The average molecular weight is 328 g/mol. The molecule has 3 nitrogen and oxygen atoms in total. The number of benzene rings is 2. The zero-order chi connectivity index (χ0) is 16.7. The molecule has 0 aliphatic heterocycles. The smallest absolute Gasteiger partial charge is 0.220 e. The largest absolute Gasteiger partial charge is 0.399 e. The van der Waals surface area contributed by atoms with Gasteiger partial charge in [-0.05, 0) is 61.2 Å². The van der Waals surface area contributed by atoms with Crippen molar-refractivity contribution in [1.82, 2.24) is 5.32 Å². The summed E-state index contributed by atoms with van der Waals surface area (Å²) in [4.78, 5) is 13.1. The van der Waals surface area contributed by atoms with Gasteiger partial charge in [0.05, 0.1) is 0 Å². The Morgan fingerprint density at radius 2 is 1.83 bits per heavy atom. The molecule has 2 aromatic rings. The summed E-state index contributed by atoms with van der Waals surface area (Å²) in [5.74, 6) is 0.910.